The van der Waals surface area contributed by atoms with Crippen molar-refractivity contribution in [3.05, 3.63) is 30.1 Å². The first kappa shape index (κ1) is 12.5. The van der Waals surface area contributed by atoms with Gasteiger partial charge in [0.15, 0.2) is 0 Å². The summed E-state index contributed by atoms with van der Waals surface area (Å²) in [5.74, 6) is 0. The van der Waals surface area contributed by atoms with E-state index < -0.39 is 0 Å². The average Bonchev–Trinajstić information content (AvgIpc) is 2.19. The predicted molar refractivity (Wildman–Crippen MR) is 67.7 cm³/mol. The predicted octanol–water partition coefficient (Wildman–Crippen LogP) is 3.57. The Kier molecular flexibility index (Phi) is 4.61. The maximum absolute atomic E-state index is 4.15. The molecule has 1 aromatic rings. The summed E-state index contributed by atoms with van der Waals surface area (Å²) >= 11 is 1.78. The minimum absolute atomic E-state index is 0.246. The Morgan fingerprint density at radius 1 is 1.47 bits per heavy atom. The zero-order chi connectivity index (χ0) is 11.3. The maximum Gasteiger partial charge on any atom is 0.0434 e. The van der Waals surface area contributed by atoms with Crippen LogP contribution in [0.4, 0.5) is 0 Å². The summed E-state index contributed by atoms with van der Waals surface area (Å²) in [5, 5.41) is 0. The van der Waals surface area contributed by atoms with Crippen molar-refractivity contribution in [3.63, 3.8) is 0 Å². The Balaban J connectivity index is 2.58. The summed E-state index contributed by atoms with van der Waals surface area (Å²) < 4.78 is 3.75. The van der Waals surface area contributed by atoms with Crippen molar-refractivity contribution in [1.29, 1.82) is 0 Å². The van der Waals surface area contributed by atoms with Crippen molar-refractivity contribution in [2.24, 2.45) is 0 Å². The number of hydrogen-bond acceptors (Lipinski definition) is 3. The molecule has 3 heteroatoms. The van der Waals surface area contributed by atoms with Gasteiger partial charge in [-0.25, -0.2) is 0 Å². The normalized spacial score (nSPS) is 13.9. The smallest absolute Gasteiger partial charge is 0.0434 e. The molecule has 0 radical (unpaired) electrons. The van der Waals surface area contributed by atoms with Gasteiger partial charge in [-0.2, -0.15) is 0 Å². The number of nitrogens with one attached hydrogen (secondary N) is 1. The summed E-state index contributed by atoms with van der Waals surface area (Å²) in [7, 11) is 0. The molecule has 0 amide bonds. The van der Waals surface area contributed by atoms with Crippen molar-refractivity contribution >= 4 is 11.9 Å². The van der Waals surface area contributed by atoms with Crippen LogP contribution in [0, 0.1) is 0 Å². The standard InChI is InChI=1S/C12H20N2S/c1-5-11(14-15-12(2,3)4)10-7-6-8-13-9-10/h6-9,11,14H,5H2,1-4H3/t11-/m1/s1. The molecule has 0 spiro atoms. The van der Waals surface area contributed by atoms with Gasteiger partial charge in [0.25, 0.3) is 0 Å². The minimum atomic E-state index is 0.246. The molecule has 1 rings (SSSR count). The molecule has 0 aliphatic rings. The van der Waals surface area contributed by atoms with Gasteiger partial charge in [0.05, 0.1) is 0 Å². The van der Waals surface area contributed by atoms with Gasteiger partial charge in [-0.05, 0) is 38.8 Å². The van der Waals surface area contributed by atoms with Crippen LogP contribution >= 0.6 is 11.9 Å². The molecule has 1 heterocycles. The number of hydrogen-bond donors (Lipinski definition) is 1. The molecule has 84 valence electrons. The van der Waals surface area contributed by atoms with Crippen LogP contribution < -0.4 is 4.72 Å². The van der Waals surface area contributed by atoms with Crippen molar-refractivity contribution in [1.82, 2.24) is 9.71 Å². The van der Waals surface area contributed by atoms with Gasteiger partial charge in [0.2, 0.25) is 0 Å². The van der Waals surface area contributed by atoms with Gasteiger partial charge in [0, 0.05) is 23.2 Å². The Morgan fingerprint density at radius 2 is 2.20 bits per heavy atom. The molecule has 2 nitrogen and oxygen atoms in total. The van der Waals surface area contributed by atoms with Gasteiger partial charge in [0.1, 0.15) is 0 Å². The fourth-order valence-electron chi connectivity index (χ4n) is 1.22. The molecule has 15 heavy (non-hydrogen) atoms. The zero-order valence-electron chi connectivity index (χ0n) is 9.95. The molecule has 1 aromatic heterocycles. The van der Waals surface area contributed by atoms with E-state index in [1.807, 2.05) is 18.5 Å². The van der Waals surface area contributed by atoms with Crippen molar-refractivity contribution < 1.29 is 0 Å². The van der Waals surface area contributed by atoms with Gasteiger partial charge >= 0.3 is 0 Å². The van der Waals surface area contributed by atoms with Crippen molar-refractivity contribution in [3.8, 4) is 0 Å². The zero-order valence-corrected chi connectivity index (χ0v) is 10.8. The van der Waals surface area contributed by atoms with E-state index in [0.29, 0.717) is 6.04 Å². The monoisotopic (exact) mass is 224 g/mol. The van der Waals surface area contributed by atoms with Crippen LogP contribution in [0.5, 0.6) is 0 Å². The molecule has 1 N–H and O–H groups in total. The fourth-order valence-corrected chi connectivity index (χ4v) is 2.02. The van der Waals surface area contributed by atoms with E-state index in [2.05, 4.69) is 43.5 Å². The molecule has 0 aliphatic heterocycles. The van der Waals surface area contributed by atoms with Crippen LogP contribution in [-0.2, 0) is 0 Å². The molecule has 1 atom stereocenters. The molecule has 0 saturated carbocycles. The summed E-state index contributed by atoms with van der Waals surface area (Å²) in [6.45, 7) is 8.82. The second-order valence-corrected chi connectivity index (χ2v) is 6.24. The second-order valence-electron chi connectivity index (χ2n) is 4.58. The lowest BCUT2D eigenvalue weighted by atomic mass is 10.1. The molecule has 0 bridgehead atoms. The Bertz CT molecular complexity index is 279. The third-order valence-corrected chi connectivity index (χ3v) is 3.02. The van der Waals surface area contributed by atoms with Gasteiger partial charge in [-0.3, -0.25) is 9.71 Å². The molecule has 0 fully saturated rings. The number of aromatic nitrogens is 1. The summed E-state index contributed by atoms with van der Waals surface area (Å²) in [6.07, 6.45) is 4.83. The molecule has 0 aliphatic carbocycles. The van der Waals surface area contributed by atoms with Gasteiger partial charge < -0.3 is 0 Å². The largest absolute Gasteiger partial charge is 0.264 e. The molecule has 0 saturated heterocycles. The van der Waals surface area contributed by atoms with E-state index in [1.54, 1.807) is 11.9 Å². The maximum atomic E-state index is 4.15. The van der Waals surface area contributed by atoms with Crippen LogP contribution in [-0.4, -0.2) is 9.73 Å². The third-order valence-electron chi connectivity index (χ3n) is 2.00. The summed E-state index contributed by atoms with van der Waals surface area (Å²) in [6, 6.07) is 4.50. The lowest BCUT2D eigenvalue weighted by molar-refractivity contribution is 0.639. The highest BCUT2D eigenvalue weighted by atomic mass is 32.2. The fraction of sp³-hybridized carbons (Fsp3) is 0.583. The number of rotatable bonds is 4. The number of nitrogens with zero attached hydrogens (tertiary/aromatic N) is 1. The highest BCUT2D eigenvalue weighted by molar-refractivity contribution is 7.98. The van der Waals surface area contributed by atoms with Crippen LogP contribution in [0.1, 0.15) is 45.7 Å². The van der Waals surface area contributed by atoms with E-state index in [0.717, 1.165) is 6.42 Å². The Labute approximate surface area is 97.0 Å². The SMILES string of the molecule is CC[C@@H](NSC(C)(C)C)c1cccnc1. The Morgan fingerprint density at radius 3 is 2.67 bits per heavy atom. The quantitative estimate of drug-likeness (QED) is 0.791. The van der Waals surface area contributed by atoms with Crippen LogP contribution in [0.25, 0.3) is 0 Å². The van der Waals surface area contributed by atoms with Crippen LogP contribution in [0.3, 0.4) is 0 Å². The Hall–Kier alpha value is -0.540. The number of pyridine rings is 1. The lowest BCUT2D eigenvalue weighted by Gasteiger charge is -2.23. The van der Waals surface area contributed by atoms with Crippen molar-refractivity contribution in [2.75, 3.05) is 0 Å². The topological polar surface area (TPSA) is 24.9 Å². The van der Waals surface area contributed by atoms with E-state index in [4.69, 9.17) is 0 Å². The lowest BCUT2D eigenvalue weighted by Crippen LogP contribution is -2.21. The van der Waals surface area contributed by atoms with Gasteiger partial charge in [-0.1, -0.05) is 24.9 Å². The highest BCUT2D eigenvalue weighted by Crippen LogP contribution is 2.25. The van der Waals surface area contributed by atoms with Gasteiger partial charge in [-0.15, -0.1) is 0 Å². The molecular weight excluding hydrogens is 204 g/mol. The van der Waals surface area contributed by atoms with Crippen LogP contribution in [0.2, 0.25) is 0 Å². The second kappa shape index (κ2) is 5.52. The highest BCUT2D eigenvalue weighted by Gasteiger charge is 2.15. The molecule has 0 aromatic carbocycles. The average molecular weight is 224 g/mol. The minimum Gasteiger partial charge on any atom is -0.264 e. The first-order valence-corrected chi connectivity index (χ1v) is 6.18. The summed E-state index contributed by atoms with van der Waals surface area (Å²) in [5.41, 5.74) is 1.26. The summed E-state index contributed by atoms with van der Waals surface area (Å²) in [4.78, 5) is 4.15. The third kappa shape index (κ3) is 4.67. The first-order valence-electron chi connectivity index (χ1n) is 5.36. The van der Waals surface area contributed by atoms with Crippen LogP contribution in [0.15, 0.2) is 24.5 Å². The molecule has 0 unspecified atom stereocenters. The van der Waals surface area contributed by atoms with Crippen molar-refractivity contribution in [2.45, 2.75) is 44.9 Å². The van der Waals surface area contributed by atoms with E-state index in [9.17, 15) is 0 Å². The first-order chi connectivity index (χ1) is 7.03. The van der Waals surface area contributed by atoms with E-state index >= 15 is 0 Å². The molecular formula is C12H20N2S. The van der Waals surface area contributed by atoms with E-state index in [-0.39, 0.29) is 4.75 Å². The van der Waals surface area contributed by atoms with E-state index in [1.165, 1.54) is 5.56 Å².